The van der Waals surface area contributed by atoms with Crippen molar-refractivity contribution >= 4 is 6.03 Å². The number of pyridine rings is 1. The van der Waals surface area contributed by atoms with Crippen LogP contribution in [-0.2, 0) is 13.0 Å². The van der Waals surface area contributed by atoms with Crippen molar-refractivity contribution in [1.82, 2.24) is 15.6 Å². The van der Waals surface area contributed by atoms with Crippen molar-refractivity contribution in [3.05, 3.63) is 53.0 Å². The molecule has 1 aromatic carbocycles. The number of hydrogen-bond acceptors (Lipinski definition) is 4. The molecule has 1 aliphatic carbocycles. The van der Waals surface area contributed by atoms with Crippen molar-refractivity contribution in [2.75, 3.05) is 13.7 Å². The van der Waals surface area contributed by atoms with Crippen LogP contribution in [0.2, 0.25) is 0 Å². The number of alkyl halides is 3. The molecule has 0 radical (unpaired) electrons. The lowest BCUT2D eigenvalue weighted by Crippen LogP contribution is -2.37. The first-order valence-corrected chi connectivity index (χ1v) is 8.80. The molecule has 1 aliphatic rings. The Morgan fingerprint density at radius 1 is 1.31 bits per heavy atom. The van der Waals surface area contributed by atoms with E-state index in [-0.39, 0.29) is 24.2 Å². The van der Waals surface area contributed by atoms with Crippen LogP contribution < -0.4 is 20.1 Å². The molecular formula is C19H19F4N3O3. The summed E-state index contributed by atoms with van der Waals surface area (Å²) in [4.78, 5) is 15.9. The van der Waals surface area contributed by atoms with Crippen molar-refractivity contribution in [3.8, 4) is 11.6 Å². The monoisotopic (exact) mass is 413 g/mol. The molecular weight excluding hydrogens is 394 g/mol. The van der Waals surface area contributed by atoms with Gasteiger partial charge in [-0.15, -0.1) is 0 Å². The number of rotatable bonds is 6. The number of carbonyl (C=O) groups is 1. The maximum atomic E-state index is 13.8. The highest BCUT2D eigenvalue weighted by atomic mass is 19.4. The summed E-state index contributed by atoms with van der Waals surface area (Å²) >= 11 is 0. The number of benzene rings is 1. The Morgan fingerprint density at radius 3 is 2.83 bits per heavy atom. The lowest BCUT2D eigenvalue weighted by molar-refractivity contribution is -0.154. The van der Waals surface area contributed by atoms with Crippen molar-refractivity contribution in [2.24, 2.45) is 0 Å². The van der Waals surface area contributed by atoms with Crippen molar-refractivity contribution < 1.29 is 31.8 Å². The van der Waals surface area contributed by atoms with E-state index in [0.717, 1.165) is 11.1 Å². The lowest BCUT2D eigenvalue weighted by Gasteiger charge is -2.16. The molecule has 10 heteroatoms. The van der Waals surface area contributed by atoms with Gasteiger partial charge in [-0.2, -0.15) is 13.2 Å². The summed E-state index contributed by atoms with van der Waals surface area (Å²) in [6, 6.07) is 5.12. The van der Waals surface area contributed by atoms with E-state index in [0.29, 0.717) is 18.4 Å². The fourth-order valence-electron chi connectivity index (χ4n) is 3.10. The molecule has 2 amide bonds. The van der Waals surface area contributed by atoms with Crippen LogP contribution in [0.5, 0.6) is 11.6 Å². The summed E-state index contributed by atoms with van der Waals surface area (Å²) in [5.41, 5.74) is 2.14. The number of aryl methyl sites for hydroxylation is 1. The largest absolute Gasteiger partial charge is 0.494 e. The molecule has 0 saturated heterocycles. The summed E-state index contributed by atoms with van der Waals surface area (Å²) in [5.74, 6) is -0.514. The molecule has 3 rings (SSSR count). The predicted molar refractivity (Wildman–Crippen MR) is 95.2 cm³/mol. The normalized spacial score (nSPS) is 15.6. The van der Waals surface area contributed by atoms with Gasteiger partial charge >= 0.3 is 12.2 Å². The number of urea groups is 1. The Kier molecular flexibility index (Phi) is 6.09. The van der Waals surface area contributed by atoms with Gasteiger partial charge in [-0.3, -0.25) is 0 Å². The summed E-state index contributed by atoms with van der Waals surface area (Å²) in [7, 11) is 1.37. The molecule has 0 aliphatic heterocycles. The van der Waals surface area contributed by atoms with E-state index in [1.165, 1.54) is 25.4 Å². The van der Waals surface area contributed by atoms with E-state index in [1.54, 1.807) is 12.1 Å². The van der Waals surface area contributed by atoms with Gasteiger partial charge in [0, 0.05) is 18.8 Å². The Hall–Kier alpha value is -3.04. The number of methoxy groups -OCH3 is 1. The van der Waals surface area contributed by atoms with Crippen LogP contribution >= 0.6 is 0 Å². The molecule has 0 fully saturated rings. The first-order chi connectivity index (χ1) is 13.7. The maximum Gasteiger partial charge on any atom is 0.422 e. The molecule has 2 N–H and O–H groups in total. The zero-order valence-corrected chi connectivity index (χ0v) is 15.5. The second kappa shape index (κ2) is 8.54. The molecule has 1 aromatic heterocycles. The SMILES string of the molecule is COc1cc2c(cc1F)CC[C@H]2NC(=O)NCc1ccnc(OCC(F)(F)F)c1. The van der Waals surface area contributed by atoms with Gasteiger partial charge in [0.05, 0.1) is 13.2 Å². The number of halogens is 4. The van der Waals surface area contributed by atoms with Gasteiger partial charge in [-0.25, -0.2) is 14.2 Å². The molecule has 1 atom stereocenters. The average molecular weight is 413 g/mol. The third-order valence-corrected chi connectivity index (χ3v) is 4.43. The Morgan fingerprint density at radius 2 is 2.10 bits per heavy atom. The topological polar surface area (TPSA) is 72.5 Å². The van der Waals surface area contributed by atoms with E-state index < -0.39 is 24.6 Å². The standard InChI is InChI=1S/C19H19F4N3O3/c1-28-16-8-13-12(7-14(16)20)2-3-15(13)26-18(27)25-9-11-4-5-24-17(6-11)29-10-19(21,22)23/h4-8,15H,2-3,9-10H2,1H3,(H2,25,26,27)/t15-/m1/s1. The van der Waals surface area contributed by atoms with Gasteiger partial charge in [0.2, 0.25) is 5.88 Å². The van der Waals surface area contributed by atoms with Crippen LogP contribution in [0.15, 0.2) is 30.5 Å². The fraction of sp³-hybridized carbons (Fsp3) is 0.368. The number of ether oxygens (including phenoxy) is 2. The van der Waals surface area contributed by atoms with Gasteiger partial charge in [0.25, 0.3) is 0 Å². The Bertz CT molecular complexity index is 889. The van der Waals surface area contributed by atoms with Crippen LogP contribution in [0.3, 0.4) is 0 Å². The highest BCUT2D eigenvalue weighted by molar-refractivity contribution is 5.74. The smallest absolute Gasteiger partial charge is 0.422 e. The van der Waals surface area contributed by atoms with Gasteiger partial charge in [0.15, 0.2) is 18.2 Å². The average Bonchev–Trinajstić information content (AvgIpc) is 3.05. The van der Waals surface area contributed by atoms with Gasteiger partial charge < -0.3 is 20.1 Å². The molecule has 156 valence electrons. The molecule has 6 nitrogen and oxygen atoms in total. The molecule has 29 heavy (non-hydrogen) atoms. The minimum absolute atomic E-state index is 0.0725. The van der Waals surface area contributed by atoms with E-state index in [2.05, 4.69) is 20.4 Å². The number of aromatic nitrogens is 1. The van der Waals surface area contributed by atoms with E-state index in [4.69, 9.17) is 4.74 Å². The summed E-state index contributed by atoms with van der Waals surface area (Å²) in [5, 5.41) is 5.45. The van der Waals surface area contributed by atoms with Crippen LogP contribution in [-0.4, -0.2) is 30.9 Å². The second-order valence-electron chi connectivity index (χ2n) is 6.51. The third-order valence-electron chi connectivity index (χ3n) is 4.43. The van der Waals surface area contributed by atoms with Gasteiger partial charge in [0.1, 0.15) is 0 Å². The highest BCUT2D eigenvalue weighted by Gasteiger charge is 2.29. The Labute approximate surface area is 164 Å². The van der Waals surface area contributed by atoms with E-state index in [1.807, 2.05) is 0 Å². The summed E-state index contributed by atoms with van der Waals surface area (Å²) < 4.78 is 60.0. The number of hydrogen-bond donors (Lipinski definition) is 2. The number of fused-ring (bicyclic) bond motifs is 1. The minimum Gasteiger partial charge on any atom is -0.494 e. The van der Waals surface area contributed by atoms with Crippen LogP contribution in [0, 0.1) is 5.82 Å². The zero-order chi connectivity index (χ0) is 21.0. The molecule has 2 aromatic rings. The molecule has 0 saturated carbocycles. The number of carbonyl (C=O) groups excluding carboxylic acids is 1. The summed E-state index contributed by atoms with van der Waals surface area (Å²) in [6.45, 7) is -1.37. The molecule has 0 bridgehead atoms. The fourth-order valence-corrected chi connectivity index (χ4v) is 3.10. The highest BCUT2D eigenvalue weighted by Crippen LogP contribution is 2.35. The van der Waals surface area contributed by atoms with Crippen molar-refractivity contribution in [2.45, 2.75) is 31.6 Å². The van der Waals surface area contributed by atoms with Crippen molar-refractivity contribution in [1.29, 1.82) is 0 Å². The first-order valence-electron chi connectivity index (χ1n) is 8.80. The number of nitrogens with zero attached hydrogens (tertiary/aromatic N) is 1. The first kappa shape index (κ1) is 20.7. The predicted octanol–water partition coefficient (Wildman–Crippen LogP) is 3.66. The van der Waals surface area contributed by atoms with Crippen molar-refractivity contribution in [3.63, 3.8) is 0 Å². The van der Waals surface area contributed by atoms with Crippen LogP contribution in [0.25, 0.3) is 0 Å². The van der Waals surface area contributed by atoms with Gasteiger partial charge in [-0.05, 0) is 47.7 Å². The van der Waals surface area contributed by atoms with Gasteiger partial charge in [-0.1, -0.05) is 0 Å². The zero-order valence-electron chi connectivity index (χ0n) is 15.5. The quantitative estimate of drug-likeness (QED) is 0.709. The molecule has 1 heterocycles. The van der Waals surface area contributed by atoms with Crippen LogP contribution in [0.4, 0.5) is 22.4 Å². The lowest BCUT2D eigenvalue weighted by atomic mass is 10.1. The maximum absolute atomic E-state index is 13.8. The van der Waals surface area contributed by atoms with Crippen LogP contribution in [0.1, 0.15) is 29.2 Å². The Balaban J connectivity index is 1.55. The minimum atomic E-state index is -4.46. The molecule has 0 spiro atoms. The third kappa shape index (κ3) is 5.49. The second-order valence-corrected chi connectivity index (χ2v) is 6.51. The molecule has 0 unspecified atom stereocenters. The van der Waals surface area contributed by atoms with E-state index >= 15 is 0 Å². The number of amides is 2. The number of nitrogens with one attached hydrogen (secondary N) is 2. The summed E-state index contributed by atoms with van der Waals surface area (Å²) in [6.07, 6.45) is -1.90. The van der Waals surface area contributed by atoms with E-state index in [9.17, 15) is 22.4 Å².